The molecule has 0 saturated carbocycles. The molecule has 2 heterocycles. The van der Waals surface area contributed by atoms with Gasteiger partial charge in [0.1, 0.15) is 0 Å². The second-order valence-corrected chi connectivity index (χ2v) is 4.02. The van der Waals surface area contributed by atoms with Gasteiger partial charge >= 0.3 is 0 Å². The molecule has 0 aliphatic carbocycles. The van der Waals surface area contributed by atoms with Gasteiger partial charge in [0, 0.05) is 26.3 Å². The van der Waals surface area contributed by atoms with Crippen molar-refractivity contribution < 1.29 is 0 Å². The summed E-state index contributed by atoms with van der Waals surface area (Å²) in [4.78, 5) is 6.40. The smallest absolute Gasteiger partial charge is 0.245 e. The Kier molecular flexibility index (Phi) is 3.26. The molecule has 16 heavy (non-hydrogen) atoms. The number of nitrogens with zero attached hydrogens (tertiary/aromatic N) is 4. The van der Waals surface area contributed by atoms with Crippen molar-refractivity contribution in [2.24, 2.45) is 0 Å². The van der Waals surface area contributed by atoms with Crippen LogP contribution in [0.1, 0.15) is 0 Å². The standard InChI is InChI=1S/C10H14ClN5/c1-12-5-6-15(2)10-13-9-4-3-8(11)7-16(9)14-10/h3-4,7,12H,5-6H2,1-2H3. The predicted octanol–water partition coefficient (Wildman–Crippen LogP) is 1.04. The van der Waals surface area contributed by atoms with Crippen LogP contribution in [-0.2, 0) is 0 Å². The second kappa shape index (κ2) is 4.67. The maximum Gasteiger partial charge on any atom is 0.245 e. The fraction of sp³-hybridized carbons (Fsp3) is 0.400. The molecule has 0 unspecified atom stereocenters. The Labute approximate surface area is 99.0 Å². The molecule has 6 heteroatoms. The number of likely N-dealkylation sites (N-methyl/N-ethyl adjacent to an activating group) is 2. The van der Waals surface area contributed by atoms with Gasteiger partial charge in [-0.15, -0.1) is 5.10 Å². The Hall–Kier alpha value is -1.33. The summed E-state index contributed by atoms with van der Waals surface area (Å²) in [5, 5.41) is 8.09. The minimum Gasteiger partial charge on any atom is -0.341 e. The zero-order valence-electron chi connectivity index (χ0n) is 9.31. The molecule has 0 saturated heterocycles. The summed E-state index contributed by atoms with van der Waals surface area (Å²) < 4.78 is 1.69. The molecule has 1 N–H and O–H groups in total. The number of pyridine rings is 1. The number of aromatic nitrogens is 3. The molecule has 0 bridgehead atoms. The van der Waals surface area contributed by atoms with Crippen molar-refractivity contribution in [3.8, 4) is 0 Å². The van der Waals surface area contributed by atoms with Crippen LogP contribution in [0.4, 0.5) is 5.95 Å². The third-order valence-electron chi connectivity index (χ3n) is 2.32. The van der Waals surface area contributed by atoms with Gasteiger partial charge in [-0.2, -0.15) is 4.98 Å². The predicted molar refractivity (Wildman–Crippen MR) is 65.2 cm³/mol. The van der Waals surface area contributed by atoms with Crippen LogP contribution in [0.25, 0.3) is 5.65 Å². The molecule has 2 aromatic heterocycles. The number of fused-ring (bicyclic) bond motifs is 1. The first-order chi connectivity index (χ1) is 7.70. The van der Waals surface area contributed by atoms with E-state index in [1.165, 1.54) is 0 Å². The Balaban J connectivity index is 2.25. The molecular formula is C10H14ClN5. The first kappa shape index (κ1) is 11.2. The zero-order valence-corrected chi connectivity index (χ0v) is 10.1. The van der Waals surface area contributed by atoms with E-state index in [0.717, 1.165) is 18.7 Å². The van der Waals surface area contributed by atoms with E-state index in [1.807, 2.05) is 31.1 Å². The van der Waals surface area contributed by atoms with Gasteiger partial charge in [0.05, 0.1) is 5.02 Å². The second-order valence-electron chi connectivity index (χ2n) is 3.59. The molecule has 5 nitrogen and oxygen atoms in total. The van der Waals surface area contributed by atoms with Crippen LogP contribution in [0.15, 0.2) is 18.3 Å². The van der Waals surface area contributed by atoms with E-state index in [4.69, 9.17) is 11.6 Å². The van der Waals surface area contributed by atoms with Gasteiger partial charge in [0.2, 0.25) is 5.95 Å². The average Bonchev–Trinajstić information content (AvgIpc) is 2.68. The average molecular weight is 240 g/mol. The van der Waals surface area contributed by atoms with Crippen molar-refractivity contribution in [3.05, 3.63) is 23.4 Å². The van der Waals surface area contributed by atoms with Crippen LogP contribution in [0.2, 0.25) is 5.02 Å². The maximum atomic E-state index is 5.88. The molecule has 0 spiro atoms. The minimum atomic E-state index is 0.654. The lowest BCUT2D eigenvalue weighted by Crippen LogP contribution is -2.27. The summed E-state index contributed by atoms with van der Waals surface area (Å²) in [5.74, 6) is 0.706. The van der Waals surface area contributed by atoms with E-state index in [-0.39, 0.29) is 0 Å². The molecule has 0 aliphatic rings. The Morgan fingerprint density at radius 1 is 1.50 bits per heavy atom. The summed E-state index contributed by atoms with van der Waals surface area (Å²) in [5.41, 5.74) is 0.802. The van der Waals surface area contributed by atoms with Crippen LogP contribution in [0.5, 0.6) is 0 Å². The van der Waals surface area contributed by atoms with Gasteiger partial charge in [-0.1, -0.05) is 11.6 Å². The van der Waals surface area contributed by atoms with Crippen molar-refractivity contribution in [2.45, 2.75) is 0 Å². The molecule has 0 radical (unpaired) electrons. The van der Waals surface area contributed by atoms with Crippen LogP contribution >= 0.6 is 11.6 Å². The van der Waals surface area contributed by atoms with Gasteiger partial charge < -0.3 is 10.2 Å². The highest BCUT2D eigenvalue weighted by Gasteiger charge is 2.07. The summed E-state index contributed by atoms with van der Waals surface area (Å²) in [7, 11) is 3.89. The van der Waals surface area contributed by atoms with Crippen molar-refractivity contribution in [1.82, 2.24) is 19.9 Å². The number of halogens is 1. The van der Waals surface area contributed by atoms with Gasteiger partial charge in [-0.3, -0.25) is 0 Å². The lowest BCUT2D eigenvalue weighted by molar-refractivity contribution is 0.751. The zero-order chi connectivity index (χ0) is 11.5. The minimum absolute atomic E-state index is 0.654. The fourth-order valence-electron chi connectivity index (χ4n) is 1.39. The summed E-state index contributed by atoms with van der Waals surface area (Å²) in [6.45, 7) is 1.76. The first-order valence-electron chi connectivity index (χ1n) is 5.08. The third-order valence-corrected chi connectivity index (χ3v) is 2.55. The van der Waals surface area contributed by atoms with Gasteiger partial charge in [-0.25, -0.2) is 4.52 Å². The van der Waals surface area contributed by atoms with Crippen molar-refractivity contribution in [3.63, 3.8) is 0 Å². The third kappa shape index (κ3) is 2.25. The Morgan fingerprint density at radius 2 is 2.31 bits per heavy atom. The largest absolute Gasteiger partial charge is 0.341 e. The molecule has 86 valence electrons. The highest BCUT2D eigenvalue weighted by atomic mass is 35.5. The van der Waals surface area contributed by atoms with Crippen LogP contribution in [-0.4, -0.2) is 41.8 Å². The van der Waals surface area contributed by atoms with Crippen molar-refractivity contribution >= 4 is 23.2 Å². The Morgan fingerprint density at radius 3 is 3.06 bits per heavy atom. The molecule has 0 amide bonds. The van der Waals surface area contributed by atoms with E-state index >= 15 is 0 Å². The van der Waals surface area contributed by atoms with E-state index in [0.29, 0.717) is 11.0 Å². The first-order valence-corrected chi connectivity index (χ1v) is 5.46. The number of hydrogen-bond donors (Lipinski definition) is 1. The molecule has 2 rings (SSSR count). The summed E-state index contributed by atoms with van der Waals surface area (Å²) in [6, 6.07) is 3.66. The summed E-state index contributed by atoms with van der Waals surface area (Å²) in [6.07, 6.45) is 1.75. The maximum absolute atomic E-state index is 5.88. The van der Waals surface area contributed by atoms with E-state index in [9.17, 15) is 0 Å². The van der Waals surface area contributed by atoms with Crippen LogP contribution in [0.3, 0.4) is 0 Å². The monoisotopic (exact) mass is 239 g/mol. The number of rotatable bonds is 4. The highest BCUT2D eigenvalue weighted by molar-refractivity contribution is 6.30. The van der Waals surface area contributed by atoms with Gasteiger partial charge in [0.25, 0.3) is 0 Å². The molecule has 0 aliphatic heterocycles. The highest BCUT2D eigenvalue weighted by Crippen LogP contribution is 2.12. The SMILES string of the molecule is CNCCN(C)c1nc2ccc(Cl)cn2n1. The quantitative estimate of drug-likeness (QED) is 0.866. The number of nitrogens with one attached hydrogen (secondary N) is 1. The topological polar surface area (TPSA) is 45.5 Å². The molecule has 0 atom stereocenters. The van der Waals surface area contributed by atoms with Crippen LogP contribution < -0.4 is 10.2 Å². The van der Waals surface area contributed by atoms with E-state index in [2.05, 4.69) is 15.4 Å². The van der Waals surface area contributed by atoms with Gasteiger partial charge in [-0.05, 0) is 19.2 Å². The molecular weight excluding hydrogens is 226 g/mol. The van der Waals surface area contributed by atoms with E-state index in [1.54, 1.807) is 10.7 Å². The normalized spacial score (nSPS) is 10.9. The Bertz CT molecular complexity index is 481. The summed E-state index contributed by atoms with van der Waals surface area (Å²) >= 11 is 5.88. The molecule has 0 fully saturated rings. The van der Waals surface area contributed by atoms with E-state index < -0.39 is 0 Å². The lowest BCUT2D eigenvalue weighted by Gasteiger charge is -2.13. The number of hydrogen-bond acceptors (Lipinski definition) is 4. The lowest BCUT2D eigenvalue weighted by atomic mass is 10.5. The van der Waals surface area contributed by atoms with Crippen molar-refractivity contribution in [2.75, 3.05) is 32.1 Å². The van der Waals surface area contributed by atoms with Crippen LogP contribution in [0, 0.1) is 0 Å². The van der Waals surface area contributed by atoms with Gasteiger partial charge in [0.15, 0.2) is 5.65 Å². The molecule has 2 aromatic rings. The molecule has 0 aromatic carbocycles. The van der Waals surface area contributed by atoms with Crippen molar-refractivity contribution in [1.29, 1.82) is 0 Å². The number of anilines is 1. The fourth-order valence-corrected chi connectivity index (χ4v) is 1.54.